The third kappa shape index (κ3) is 3.48. The van der Waals surface area contributed by atoms with Gasteiger partial charge in [0.05, 0.1) is 5.56 Å². The molecule has 5 nitrogen and oxygen atoms in total. The minimum absolute atomic E-state index is 0.0587. The Kier molecular flexibility index (Phi) is 4.40. The van der Waals surface area contributed by atoms with Crippen LogP contribution in [0.3, 0.4) is 0 Å². The molecule has 1 unspecified atom stereocenters. The second kappa shape index (κ2) is 6.07. The second-order valence-electron chi connectivity index (χ2n) is 5.17. The molecule has 1 atom stereocenters. The fraction of sp³-hybridized carbons (Fsp3) is 0.429. The summed E-state index contributed by atoms with van der Waals surface area (Å²) in [6.07, 6.45) is 1.34. The fourth-order valence-corrected chi connectivity index (χ4v) is 2.33. The van der Waals surface area contributed by atoms with Crippen molar-refractivity contribution in [1.82, 2.24) is 10.2 Å². The Balaban J connectivity index is 2.00. The number of hydrogen-bond donors (Lipinski definition) is 2. The summed E-state index contributed by atoms with van der Waals surface area (Å²) in [5.74, 6) is -2.76. The number of anilines is 1. The predicted molar refractivity (Wildman–Crippen MR) is 73.5 cm³/mol. The summed E-state index contributed by atoms with van der Waals surface area (Å²) >= 11 is 0. The van der Waals surface area contributed by atoms with E-state index < -0.39 is 17.5 Å². The van der Waals surface area contributed by atoms with Gasteiger partial charge in [0.15, 0.2) is 11.6 Å². The van der Waals surface area contributed by atoms with Crippen molar-refractivity contribution in [2.75, 3.05) is 18.8 Å². The maximum atomic E-state index is 13.2. The molecular formula is C14H17F2N3O2. The van der Waals surface area contributed by atoms with Crippen molar-refractivity contribution in [3.05, 3.63) is 29.3 Å². The summed E-state index contributed by atoms with van der Waals surface area (Å²) in [5.41, 5.74) is 5.27. The first-order chi connectivity index (χ1) is 9.88. The van der Waals surface area contributed by atoms with Gasteiger partial charge in [-0.2, -0.15) is 0 Å². The smallest absolute Gasteiger partial charge is 0.253 e. The van der Waals surface area contributed by atoms with Crippen LogP contribution in [0, 0.1) is 11.6 Å². The highest BCUT2D eigenvalue weighted by Crippen LogP contribution is 2.17. The lowest BCUT2D eigenvalue weighted by Crippen LogP contribution is -2.42. The van der Waals surface area contributed by atoms with E-state index in [2.05, 4.69) is 5.32 Å². The molecule has 1 fully saturated rings. The topological polar surface area (TPSA) is 75.4 Å². The van der Waals surface area contributed by atoms with Crippen LogP contribution in [0.25, 0.3) is 0 Å². The zero-order chi connectivity index (χ0) is 15.6. The number of amides is 2. The van der Waals surface area contributed by atoms with Crippen LogP contribution >= 0.6 is 0 Å². The van der Waals surface area contributed by atoms with Crippen molar-refractivity contribution < 1.29 is 18.4 Å². The van der Waals surface area contributed by atoms with Crippen LogP contribution in [0.4, 0.5) is 14.5 Å². The van der Waals surface area contributed by atoms with Gasteiger partial charge < -0.3 is 16.0 Å². The second-order valence-corrected chi connectivity index (χ2v) is 5.17. The molecule has 2 amide bonds. The van der Waals surface area contributed by atoms with Crippen molar-refractivity contribution >= 4 is 17.5 Å². The molecule has 0 spiro atoms. The molecule has 0 radical (unpaired) electrons. The molecular weight excluding hydrogens is 280 g/mol. The van der Waals surface area contributed by atoms with E-state index in [1.807, 2.05) is 0 Å². The molecule has 0 aliphatic carbocycles. The number of benzene rings is 1. The number of carbonyl (C=O) groups is 2. The monoisotopic (exact) mass is 297 g/mol. The SMILES string of the molecule is CC(CN1CCCC1=O)NC(=O)c1cc(F)c(F)cc1N. The summed E-state index contributed by atoms with van der Waals surface area (Å²) in [7, 11) is 0. The van der Waals surface area contributed by atoms with Crippen LogP contribution in [0.15, 0.2) is 12.1 Å². The quantitative estimate of drug-likeness (QED) is 0.822. The number of rotatable bonds is 4. The molecule has 1 aliphatic rings. The van der Waals surface area contributed by atoms with Gasteiger partial charge >= 0.3 is 0 Å². The van der Waals surface area contributed by atoms with E-state index in [1.54, 1.807) is 11.8 Å². The highest BCUT2D eigenvalue weighted by molar-refractivity contribution is 5.99. The number of nitrogens with two attached hydrogens (primary N) is 1. The molecule has 3 N–H and O–H groups in total. The van der Waals surface area contributed by atoms with Gasteiger partial charge in [-0.3, -0.25) is 9.59 Å². The zero-order valence-corrected chi connectivity index (χ0v) is 11.7. The molecule has 1 aromatic rings. The first-order valence-corrected chi connectivity index (χ1v) is 6.71. The van der Waals surface area contributed by atoms with E-state index in [4.69, 9.17) is 5.73 Å². The van der Waals surface area contributed by atoms with E-state index in [0.717, 1.165) is 18.6 Å². The van der Waals surface area contributed by atoms with Crippen molar-refractivity contribution in [3.63, 3.8) is 0 Å². The summed E-state index contributed by atoms with van der Waals surface area (Å²) in [6.45, 7) is 2.79. The van der Waals surface area contributed by atoms with E-state index in [9.17, 15) is 18.4 Å². The Hall–Kier alpha value is -2.18. The number of likely N-dealkylation sites (tertiary alicyclic amines) is 1. The summed E-state index contributed by atoms with van der Waals surface area (Å²) in [4.78, 5) is 25.2. The molecule has 1 aromatic carbocycles. The summed E-state index contributed by atoms with van der Waals surface area (Å²) < 4.78 is 26.1. The van der Waals surface area contributed by atoms with Crippen LogP contribution in [0.2, 0.25) is 0 Å². The molecule has 2 rings (SSSR count). The molecule has 1 heterocycles. The first kappa shape index (κ1) is 15.2. The summed E-state index contributed by atoms with van der Waals surface area (Å²) in [5, 5.41) is 2.63. The molecule has 21 heavy (non-hydrogen) atoms. The highest BCUT2D eigenvalue weighted by Gasteiger charge is 2.23. The molecule has 1 saturated heterocycles. The summed E-state index contributed by atoms with van der Waals surface area (Å²) in [6, 6.07) is 1.24. The van der Waals surface area contributed by atoms with Gasteiger partial charge in [-0.25, -0.2) is 8.78 Å². The van der Waals surface area contributed by atoms with E-state index in [0.29, 0.717) is 19.5 Å². The van der Waals surface area contributed by atoms with Crippen LogP contribution in [-0.2, 0) is 4.79 Å². The van der Waals surface area contributed by atoms with Crippen LogP contribution in [-0.4, -0.2) is 35.8 Å². The van der Waals surface area contributed by atoms with Gasteiger partial charge in [-0.05, 0) is 19.4 Å². The zero-order valence-electron chi connectivity index (χ0n) is 11.7. The third-order valence-corrected chi connectivity index (χ3v) is 3.38. The number of halogens is 2. The highest BCUT2D eigenvalue weighted by atomic mass is 19.2. The maximum absolute atomic E-state index is 13.2. The lowest BCUT2D eigenvalue weighted by Gasteiger charge is -2.22. The third-order valence-electron chi connectivity index (χ3n) is 3.38. The van der Waals surface area contributed by atoms with Gasteiger partial charge in [0.1, 0.15) is 0 Å². The predicted octanol–water partition coefficient (Wildman–Crippen LogP) is 1.29. The van der Waals surface area contributed by atoms with E-state index in [-0.39, 0.29) is 23.2 Å². The Bertz CT molecular complexity index is 578. The Morgan fingerprint density at radius 3 is 2.71 bits per heavy atom. The van der Waals surface area contributed by atoms with Gasteiger partial charge in [-0.1, -0.05) is 0 Å². The number of nitrogens with one attached hydrogen (secondary N) is 1. The standard InChI is InChI=1S/C14H17F2N3O2/c1-8(7-19-4-2-3-13(19)20)18-14(21)9-5-10(15)11(16)6-12(9)17/h5-6,8H,2-4,7,17H2,1H3,(H,18,21). The van der Waals surface area contributed by atoms with Crippen LogP contribution in [0.1, 0.15) is 30.1 Å². The van der Waals surface area contributed by atoms with Crippen LogP contribution < -0.4 is 11.1 Å². The number of nitrogen functional groups attached to an aromatic ring is 1. The Morgan fingerprint density at radius 2 is 2.10 bits per heavy atom. The molecule has 0 aromatic heterocycles. The van der Waals surface area contributed by atoms with Crippen molar-refractivity contribution in [2.24, 2.45) is 0 Å². The van der Waals surface area contributed by atoms with E-state index >= 15 is 0 Å². The molecule has 7 heteroatoms. The Labute approximate surface area is 121 Å². The van der Waals surface area contributed by atoms with Crippen molar-refractivity contribution in [3.8, 4) is 0 Å². The lowest BCUT2D eigenvalue weighted by atomic mass is 10.1. The fourth-order valence-electron chi connectivity index (χ4n) is 2.33. The largest absolute Gasteiger partial charge is 0.398 e. The molecule has 114 valence electrons. The van der Waals surface area contributed by atoms with Gasteiger partial charge in [0.2, 0.25) is 5.91 Å². The van der Waals surface area contributed by atoms with Gasteiger partial charge in [0, 0.05) is 37.3 Å². The first-order valence-electron chi connectivity index (χ1n) is 6.71. The van der Waals surface area contributed by atoms with Crippen molar-refractivity contribution in [1.29, 1.82) is 0 Å². The molecule has 0 bridgehead atoms. The van der Waals surface area contributed by atoms with Crippen LogP contribution in [0.5, 0.6) is 0 Å². The minimum atomic E-state index is -1.13. The average Bonchev–Trinajstić information content (AvgIpc) is 2.79. The van der Waals surface area contributed by atoms with Crippen molar-refractivity contribution in [2.45, 2.75) is 25.8 Å². The lowest BCUT2D eigenvalue weighted by molar-refractivity contribution is -0.127. The maximum Gasteiger partial charge on any atom is 0.253 e. The number of nitrogens with zero attached hydrogens (tertiary/aromatic N) is 1. The number of hydrogen-bond acceptors (Lipinski definition) is 3. The molecule has 1 aliphatic heterocycles. The van der Waals surface area contributed by atoms with Gasteiger partial charge in [0.25, 0.3) is 5.91 Å². The Morgan fingerprint density at radius 1 is 1.43 bits per heavy atom. The minimum Gasteiger partial charge on any atom is -0.398 e. The van der Waals surface area contributed by atoms with E-state index in [1.165, 1.54) is 0 Å². The average molecular weight is 297 g/mol. The van der Waals surface area contributed by atoms with Gasteiger partial charge in [-0.15, -0.1) is 0 Å². The number of carbonyl (C=O) groups excluding carboxylic acids is 2. The normalized spacial score (nSPS) is 16.1. The molecule has 0 saturated carbocycles.